The van der Waals surface area contributed by atoms with Gasteiger partial charge in [-0.2, -0.15) is 0 Å². The van der Waals surface area contributed by atoms with E-state index in [2.05, 4.69) is 0 Å². The highest BCUT2D eigenvalue weighted by molar-refractivity contribution is 8.13. The first kappa shape index (κ1) is 18.3. The van der Waals surface area contributed by atoms with E-state index in [4.69, 9.17) is 11.5 Å². The predicted octanol–water partition coefficient (Wildman–Crippen LogP) is 0.643. The summed E-state index contributed by atoms with van der Waals surface area (Å²) in [6.07, 6.45) is 0. The summed E-state index contributed by atoms with van der Waals surface area (Å²) in [5.74, 6) is 1.04. The molecule has 3 nitrogen and oxygen atoms in total. The monoisotopic (exact) mass is 234 g/mol. The maximum Gasteiger partial charge on any atom is 0.185 e. The lowest BCUT2D eigenvalue weighted by Gasteiger charge is -2.08. The summed E-state index contributed by atoms with van der Waals surface area (Å²) in [4.78, 5) is 10.5. The van der Waals surface area contributed by atoms with E-state index >= 15 is 0 Å². The molecule has 0 rings (SSSR count). The number of nitrogens with two attached hydrogens (primary N) is 2. The Morgan fingerprint density at radius 2 is 1.75 bits per heavy atom. The zero-order valence-corrected chi connectivity index (χ0v) is 9.44. The minimum Gasteiger partial charge on any atom is -0.330 e. The third-order valence-corrected chi connectivity index (χ3v) is 2.23. The largest absolute Gasteiger partial charge is 0.330 e. The van der Waals surface area contributed by atoms with Crippen LogP contribution in [0.25, 0.3) is 0 Å². The van der Waals surface area contributed by atoms with Gasteiger partial charge in [-0.15, -0.1) is 24.8 Å². The van der Waals surface area contributed by atoms with Gasteiger partial charge < -0.3 is 11.5 Å². The minimum atomic E-state index is 0. The summed E-state index contributed by atoms with van der Waals surface area (Å²) in [5.41, 5.74) is 10.7. The second kappa shape index (κ2) is 11.5. The summed E-state index contributed by atoms with van der Waals surface area (Å²) < 4.78 is 0. The highest BCUT2D eigenvalue weighted by Gasteiger charge is 2.04. The fourth-order valence-corrected chi connectivity index (χ4v) is 1.21. The van der Waals surface area contributed by atoms with Crippen LogP contribution >= 0.6 is 36.6 Å². The number of hydrogen-bond acceptors (Lipinski definition) is 4. The predicted molar refractivity (Wildman–Crippen MR) is 59.2 cm³/mol. The second-order valence-corrected chi connectivity index (χ2v) is 3.34. The van der Waals surface area contributed by atoms with Crippen molar-refractivity contribution in [2.45, 2.75) is 6.92 Å². The van der Waals surface area contributed by atoms with Crippen LogP contribution in [0.15, 0.2) is 0 Å². The van der Waals surface area contributed by atoms with Crippen LogP contribution in [0.2, 0.25) is 0 Å². The smallest absolute Gasteiger partial charge is 0.185 e. The number of carbonyl (C=O) groups is 1. The van der Waals surface area contributed by atoms with Gasteiger partial charge >= 0.3 is 0 Å². The molecule has 0 aliphatic heterocycles. The topological polar surface area (TPSA) is 69.1 Å². The van der Waals surface area contributed by atoms with Gasteiger partial charge in [-0.3, -0.25) is 4.79 Å². The lowest BCUT2D eigenvalue weighted by Crippen LogP contribution is -2.25. The normalized spacial score (nSPS) is 8.67. The Bertz CT molecular complexity index is 112. The number of carbonyl (C=O) groups excluding carboxylic acids is 1. The van der Waals surface area contributed by atoms with Gasteiger partial charge in [-0.1, -0.05) is 11.8 Å². The SMILES string of the molecule is CC(=O)SCC(CN)CN.Cl.Cl. The summed E-state index contributed by atoms with van der Waals surface area (Å²) in [6, 6.07) is 0. The van der Waals surface area contributed by atoms with Gasteiger partial charge in [0.05, 0.1) is 0 Å². The van der Waals surface area contributed by atoms with Crippen LogP contribution in [0.3, 0.4) is 0 Å². The standard InChI is InChI=1S/C6H14N2OS.2ClH/c1-5(9)10-4-6(2-7)3-8;;/h6H,2-4,7-8H2,1H3;2*1H. The maximum absolute atomic E-state index is 10.5. The van der Waals surface area contributed by atoms with Crippen LogP contribution in [-0.4, -0.2) is 24.0 Å². The van der Waals surface area contributed by atoms with Gasteiger partial charge in [-0.05, 0) is 19.0 Å². The van der Waals surface area contributed by atoms with E-state index in [0.717, 1.165) is 5.75 Å². The van der Waals surface area contributed by atoms with Crippen LogP contribution in [0.1, 0.15) is 6.92 Å². The lowest BCUT2D eigenvalue weighted by atomic mass is 10.2. The third kappa shape index (κ3) is 10.5. The van der Waals surface area contributed by atoms with Crippen molar-refractivity contribution >= 4 is 41.7 Å². The minimum absolute atomic E-state index is 0. The number of rotatable bonds is 4. The van der Waals surface area contributed by atoms with E-state index in [1.54, 1.807) is 6.92 Å². The van der Waals surface area contributed by atoms with Crippen molar-refractivity contribution < 1.29 is 4.79 Å². The van der Waals surface area contributed by atoms with E-state index in [1.165, 1.54) is 11.8 Å². The molecule has 0 spiro atoms. The van der Waals surface area contributed by atoms with Gasteiger partial charge in [0.15, 0.2) is 5.12 Å². The second-order valence-electron chi connectivity index (χ2n) is 2.14. The molecule has 0 aliphatic carbocycles. The highest BCUT2D eigenvalue weighted by Crippen LogP contribution is 2.06. The Kier molecular flexibility index (Phi) is 17.6. The van der Waals surface area contributed by atoms with Crippen molar-refractivity contribution in [2.24, 2.45) is 17.4 Å². The molecule has 4 N–H and O–H groups in total. The van der Waals surface area contributed by atoms with Crippen molar-refractivity contribution in [2.75, 3.05) is 18.8 Å². The Labute approximate surface area is 89.8 Å². The molecule has 0 fully saturated rings. The van der Waals surface area contributed by atoms with Crippen molar-refractivity contribution in [1.82, 2.24) is 0 Å². The first-order chi connectivity index (χ1) is 4.70. The Morgan fingerprint density at radius 3 is 2.00 bits per heavy atom. The van der Waals surface area contributed by atoms with Crippen molar-refractivity contribution in [3.63, 3.8) is 0 Å². The van der Waals surface area contributed by atoms with Crippen LogP contribution < -0.4 is 11.5 Å². The molecule has 0 aromatic rings. The molecule has 6 heteroatoms. The molecule has 0 aliphatic rings. The Balaban J connectivity index is -0.000000405. The molecular weight excluding hydrogens is 219 g/mol. The van der Waals surface area contributed by atoms with E-state index in [9.17, 15) is 4.79 Å². The molecule has 0 saturated heterocycles. The zero-order valence-electron chi connectivity index (χ0n) is 6.99. The van der Waals surface area contributed by atoms with Crippen LogP contribution in [0.5, 0.6) is 0 Å². The molecule has 0 aromatic heterocycles. The summed E-state index contributed by atoms with van der Waals surface area (Å²) in [6.45, 7) is 2.68. The first-order valence-corrected chi connectivity index (χ1v) is 4.22. The Morgan fingerprint density at radius 1 is 1.33 bits per heavy atom. The quantitative estimate of drug-likeness (QED) is 0.750. The van der Waals surface area contributed by atoms with Gasteiger partial charge in [0.2, 0.25) is 0 Å². The molecule has 0 bridgehead atoms. The number of thioether (sulfide) groups is 1. The zero-order chi connectivity index (χ0) is 7.98. The lowest BCUT2D eigenvalue weighted by molar-refractivity contribution is -0.109. The van der Waals surface area contributed by atoms with Crippen LogP contribution in [0, 0.1) is 5.92 Å². The van der Waals surface area contributed by atoms with Crippen LogP contribution in [0.4, 0.5) is 0 Å². The molecular formula is C6H16Cl2N2OS. The molecule has 76 valence electrons. The van der Waals surface area contributed by atoms with Gasteiger partial charge in [-0.25, -0.2) is 0 Å². The molecule has 12 heavy (non-hydrogen) atoms. The molecule has 0 aromatic carbocycles. The summed E-state index contributed by atoms with van der Waals surface area (Å²) in [7, 11) is 0. The average Bonchev–Trinajstić information content (AvgIpc) is 1.90. The molecule has 0 heterocycles. The van der Waals surface area contributed by atoms with E-state index in [1.807, 2.05) is 0 Å². The average molecular weight is 235 g/mol. The van der Waals surface area contributed by atoms with Gasteiger partial charge in [0.1, 0.15) is 0 Å². The maximum atomic E-state index is 10.5. The van der Waals surface area contributed by atoms with Crippen molar-refractivity contribution in [3.05, 3.63) is 0 Å². The van der Waals surface area contributed by atoms with E-state index < -0.39 is 0 Å². The molecule has 0 saturated carbocycles. The third-order valence-electron chi connectivity index (χ3n) is 1.19. The highest BCUT2D eigenvalue weighted by atomic mass is 35.5. The molecule has 0 unspecified atom stereocenters. The fourth-order valence-electron chi connectivity index (χ4n) is 0.468. The molecule has 0 radical (unpaired) electrons. The van der Waals surface area contributed by atoms with Crippen molar-refractivity contribution in [1.29, 1.82) is 0 Å². The summed E-state index contributed by atoms with van der Waals surface area (Å²) in [5, 5.41) is 0.131. The van der Waals surface area contributed by atoms with E-state index in [0.29, 0.717) is 13.1 Å². The first-order valence-electron chi connectivity index (χ1n) is 3.24. The summed E-state index contributed by atoms with van der Waals surface area (Å²) >= 11 is 1.29. The fraction of sp³-hybridized carbons (Fsp3) is 0.833. The van der Waals surface area contributed by atoms with E-state index in [-0.39, 0.29) is 35.8 Å². The van der Waals surface area contributed by atoms with Crippen molar-refractivity contribution in [3.8, 4) is 0 Å². The van der Waals surface area contributed by atoms with Gasteiger partial charge in [0, 0.05) is 12.7 Å². The van der Waals surface area contributed by atoms with Gasteiger partial charge in [0.25, 0.3) is 0 Å². The molecule has 0 atom stereocenters. The Hall–Kier alpha value is 0.520. The number of halogens is 2. The van der Waals surface area contributed by atoms with Crippen LogP contribution in [-0.2, 0) is 4.79 Å². The number of hydrogen-bond donors (Lipinski definition) is 2. The molecule has 0 amide bonds.